The first-order valence-corrected chi connectivity index (χ1v) is 8.02. The van der Waals surface area contributed by atoms with Crippen molar-refractivity contribution in [2.75, 3.05) is 11.5 Å². The fraction of sp³-hybridized carbons (Fsp3) is 0.385. The first kappa shape index (κ1) is 15.5. The van der Waals surface area contributed by atoms with Gasteiger partial charge in [0.1, 0.15) is 0 Å². The zero-order valence-electron chi connectivity index (χ0n) is 10.6. The van der Waals surface area contributed by atoms with Gasteiger partial charge in [0.05, 0.1) is 27.6 Å². The topological polar surface area (TPSA) is 72.2 Å². The molecule has 0 radical (unpaired) electrons. The number of carbonyl (C=O) groups excluding carboxylic acids is 2. The average molecular weight is 333 g/mol. The Morgan fingerprint density at radius 1 is 1.35 bits per heavy atom. The van der Waals surface area contributed by atoms with Gasteiger partial charge in [-0.05, 0) is 30.0 Å². The SMILES string of the molecule is NC(=O)CSCC(=O)NC1CCc2c1ccc(Cl)c2Cl. The van der Waals surface area contributed by atoms with Gasteiger partial charge in [-0.3, -0.25) is 9.59 Å². The van der Waals surface area contributed by atoms with E-state index in [-0.39, 0.29) is 23.5 Å². The molecule has 1 atom stereocenters. The van der Waals surface area contributed by atoms with Crippen LogP contribution in [-0.4, -0.2) is 23.3 Å². The number of carbonyl (C=O) groups is 2. The number of benzene rings is 1. The van der Waals surface area contributed by atoms with Crippen molar-refractivity contribution in [3.8, 4) is 0 Å². The monoisotopic (exact) mass is 332 g/mol. The lowest BCUT2D eigenvalue weighted by Gasteiger charge is -2.14. The van der Waals surface area contributed by atoms with Crippen LogP contribution in [0.5, 0.6) is 0 Å². The summed E-state index contributed by atoms with van der Waals surface area (Å²) in [6.45, 7) is 0. The van der Waals surface area contributed by atoms with Crippen LogP contribution in [0.25, 0.3) is 0 Å². The number of primary amides is 1. The largest absolute Gasteiger partial charge is 0.369 e. The maximum absolute atomic E-state index is 11.8. The van der Waals surface area contributed by atoms with Crippen LogP contribution in [0.4, 0.5) is 0 Å². The Hall–Kier alpha value is -0.910. The van der Waals surface area contributed by atoms with Gasteiger partial charge in [0, 0.05) is 0 Å². The number of rotatable bonds is 5. The minimum atomic E-state index is -0.421. The van der Waals surface area contributed by atoms with Crippen molar-refractivity contribution in [3.63, 3.8) is 0 Å². The van der Waals surface area contributed by atoms with Crippen molar-refractivity contribution in [3.05, 3.63) is 33.3 Å². The molecule has 1 aromatic rings. The van der Waals surface area contributed by atoms with Crippen LogP contribution in [-0.2, 0) is 16.0 Å². The molecular formula is C13H14Cl2N2O2S. The normalized spacial score (nSPS) is 16.8. The third-order valence-electron chi connectivity index (χ3n) is 3.10. The first-order chi connectivity index (χ1) is 9.49. The highest BCUT2D eigenvalue weighted by atomic mass is 35.5. The third kappa shape index (κ3) is 3.59. The molecule has 2 rings (SSSR count). The fourth-order valence-electron chi connectivity index (χ4n) is 2.26. The van der Waals surface area contributed by atoms with Gasteiger partial charge in [-0.15, -0.1) is 11.8 Å². The fourth-order valence-corrected chi connectivity index (χ4v) is 3.28. The Morgan fingerprint density at radius 3 is 2.80 bits per heavy atom. The second-order valence-corrected chi connectivity index (χ2v) is 6.32. The Kier molecular flexibility index (Phi) is 5.18. The van der Waals surface area contributed by atoms with E-state index in [1.54, 1.807) is 6.07 Å². The summed E-state index contributed by atoms with van der Waals surface area (Å²) in [4.78, 5) is 22.4. The summed E-state index contributed by atoms with van der Waals surface area (Å²) in [6.07, 6.45) is 1.61. The number of nitrogens with one attached hydrogen (secondary N) is 1. The molecule has 1 aliphatic carbocycles. The number of hydrogen-bond acceptors (Lipinski definition) is 3. The zero-order chi connectivity index (χ0) is 14.7. The van der Waals surface area contributed by atoms with Crippen LogP contribution < -0.4 is 11.1 Å². The molecule has 1 unspecified atom stereocenters. The molecular weight excluding hydrogens is 319 g/mol. The average Bonchev–Trinajstić information content (AvgIpc) is 2.77. The van der Waals surface area contributed by atoms with Crippen LogP contribution in [0.3, 0.4) is 0 Å². The standard InChI is InChI=1S/C13H14Cl2N2O2S/c14-9-3-1-7-8(13(9)15)2-4-10(7)17-12(19)6-20-5-11(16)18/h1,3,10H,2,4-6H2,(H2,16,18)(H,17,19). The van der Waals surface area contributed by atoms with Crippen molar-refractivity contribution in [1.29, 1.82) is 0 Å². The van der Waals surface area contributed by atoms with Crippen molar-refractivity contribution < 1.29 is 9.59 Å². The van der Waals surface area contributed by atoms with E-state index in [0.29, 0.717) is 10.0 Å². The highest BCUT2D eigenvalue weighted by Crippen LogP contribution is 2.38. The molecule has 0 bridgehead atoms. The molecule has 0 aliphatic heterocycles. The Labute approximate surface area is 131 Å². The Bertz CT molecular complexity index is 551. The smallest absolute Gasteiger partial charge is 0.230 e. The minimum absolute atomic E-state index is 0.0403. The van der Waals surface area contributed by atoms with Crippen molar-refractivity contribution in [2.45, 2.75) is 18.9 Å². The molecule has 7 heteroatoms. The van der Waals surface area contributed by atoms with Crippen LogP contribution in [0.15, 0.2) is 12.1 Å². The molecule has 0 saturated heterocycles. The molecule has 1 aliphatic rings. The number of amides is 2. The van der Waals surface area contributed by atoms with E-state index in [1.807, 2.05) is 6.07 Å². The number of halogens is 2. The first-order valence-electron chi connectivity index (χ1n) is 6.11. The molecule has 0 spiro atoms. The summed E-state index contributed by atoms with van der Waals surface area (Å²) in [5.41, 5.74) is 7.05. The summed E-state index contributed by atoms with van der Waals surface area (Å²) in [5.74, 6) is -0.165. The van der Waals surface area contributed by atoms with Crippen LogP contribution in [0.1, 0.15) is 23.6 Å². The summed E-state index contributed by atoms with van der Waals surface area (Å²) in [7, 11) is 0. The summed E-state index contributed by atoms with van der Waals surface area (Å²) in [5, 5.41) is 4.05. The van der Waals surface area contributed by atoms with E-state index in [0.717, 1.165) is 24.0 Å². The minimum Gasteiger partial charge on any atom is -0.369 e. The highest BCUT2D eigenvalue weighted by molar-refractivity contribution is 8.00. The molecule has 3 N–H and O–H groups in total. The number of nitrogens with two attached hydrogens (primary N) is 1. The summed E-state index contributed by atoms with van der Waals surface area (Å²) in [6, 6.07) is 3.61. The highest BCUT2D eigenvalue weighted by Gasteiger charge is 2.26. The molecule has 108 valence electrons. The van der Waals surface area contributed by atoms with Gasteiger partial charge >= 0.3 is 0 Å². The van der Waals surface area contributed by atoms with Gasteiger partial charge in [0.2, 0.25) is 11.8 Å². The van der Waals surface area contributed by atoms with E-state index in [9.17, 15) is 9.59 Å². The molecule has 0 saturated carbocycles. The van der Waals surface area contributed by atoms with Crippen molar-refractivity contribution in [2.24, 2.45) is 5.73 Å². The maximum Gasteiger partial charge on any atom is 0.230 e. The molecule has 0 fully saturated rings. The molecule has 4 nitrogen and oxygen atoms in total. The predicted molar refractivity (Wildman–Crippen MR) is 82.2 cm³/mol. The third-order valence-corrected chi connectivity index (χ3v) is 4.90. The Morgan fingerprint density at radius 2 is 2.10 bits per heavy atom. The number of hydrogen-bond donors (Lipinski definition) is 2. The lowest BCUT2D eigenvalue weighted by Crippen LogP contribution is -2.29. The van der Waals surface area contributed by atoms with Gasteiger partial charge in [-0.25, -0.2) is 0 Å². The van der Waals surface area contributed by atoms with E-state index in [4.69, 9.17) is 28.9 Å². The molecule has 0 heterocycles. The van der Waals surface area contributed by atoms with Crippen LogP contribution in [0, 0.1) is 0 Å². The van der Waals surface area contributed by atoms with Crippen LogP contribution in [0.2, 0.25) is 10.0 Å². The van der Waals surface area contributed by atoms with E-state index < -0.39 is 5.91 Å². The predicted octanol–water partition coefficient (Wildman–Crippen LogP) is 2.32. The van der Waals surface area contributed by atoms with Gasteiger partial charge in [0.15, 0.2) is 0 Å². The number of thioether (sulfide) groups is 1. The second-order valence-electron chi connectivity index (χ2n) is 4.55. The van der Waals surface area contributed by atoms with Gasteiger partial charge < -0.3 is 11.1 Å². The van der Waals surface area contributed by atoms with E-state index >= 15 is 0 Å². The molecule has 2 amide bonds. The van der Waals surface area contributed by atoms with Crippen molar-refractivity contribution in [1.82, 2.24) is 5.32 Å². The van der Waals surface area contributed by atoms with Crippen LogP contribution >= 0.6 is 35.0 Å². The number of fused-ring (bicyclic) bond motifs is 1. The second kappa shape index (κ2) is 6.70. The summed E-state index contributed by atoms with van der Waals surface area (Å²) >= 11 is 13.3. The maximum atomic E-state index is 11.8. The molecule has 1 aromatic carbocycles. The zero-order valence-corrected chi connectivity index (χ0v) is 12.9. The van der Waals surface area contributed by atoms with E-state index in [2.05, 4.69) is 5.32 Å². The van der Waals surface area contributed by atoms with Gasteiger partial charge in [0.25, 0.3) is 0 Å². The lowest BCUT2D eigenvalue weighted by molar-refractivity contribution is -0.119. The summed E-state index contributed by atoms with van der Waals surface area (Å²) < 4.78 is 0. The van der Waals surface area contributed by atoms with E-state index in [1.165, 1.54) is 11.8 Å². The lowest BCUT2D eigenvalue weighted by atomic mass is 10.1. The van der Waals surface area contributed by atoms with Gasteiger partial charge in [-0.1, -0.05) is 29.3 Å². The Balaban J connectivity index is 1.95. The van der Waals surface area contributed by atoms with Gasteiger partial charge in [-0.2, -0.15) is 0 Å². The van der Waals surface area contributed by atoms with Crippen molar-refractivity contribution >= 4 is 46.8 Å². The molecule has 20 heavy (non-hydrogen) atoms. The molecule has 0 aromatic heterocycles. The quantitative estimate of drug-likeness (QED) is 0.869.